The molecule has 0 unspecified atom stereocenters. The van der Waals surface area contributed by atoms with Gasteiger partial charge in [0.05, 0.1) is 59.2 Å². The predicted octanol–water partition coefficient (Wildman–Crippen LogP) is 3.07. The average Bonchev–Trinajstić information content (AvgIpc) is 3.04. The molecule has 0 bridgehead atoms. The Labute approximate surface area is 279 Å². The Morgan fingerprint density at radius 2 is 1.83 bits per heavy atom. The molecule has 46 heavy (non-hydrogen) atoms. The van der Waals surface area contributed by atoms with Crippen molar-refractivity contribution in [2.45, 2.75) is 70.0 Å². The van der Waals surface area contributed by atoms with E-state index in [0.717, 1.165) is 5.06 Å². The number of hydrogen-bond acceptors (Lipinski definition) is 13. The average molecular weight is 756 g/mol. The van der Waals surface area contributed by atoms with Gasteiger partial charge in [0, 0.05) is 42.7 Å². The van der Waals surface area contributed by atoms with Crippen molar-refractivity contribution in [2.75, 3.05) is 31.8 Å². The van der Waals surface area contributed by atoms with Crippen LogP contribution in [0.1, 0.15) is 75.8 Å². The highest BCUT2D eigenvalue weighted by Gasteiger charge is 2.46. The standard InChI is InChI=1S/C32H38INO12/c1-14(35)16-10-18-25(32(40)27-26(30(18)38)29(37)17-6-5-7-20(42-3)24(17)31(27)39)21(11-16)46-22-12-19(28(36)15(2)45-22)34(41)8-9-44-23(13-33)43-4/h5-7,15-16,19,21-23,28,36,38,40-41H,8-13H2,1-4H3/t15-,16+,19-,21-,22-,23-,28+/m0/s1. The molecule has 1 heterocycles. The molecular weight excluding hydrogens is 717 g/mol. The molecular formula is C32H38INO12. The summed E-state index contributed by atoms with van der Waals surface area (Å²) >= 11 is 2.12. The number of hydroxylamine groups is 2. The zero-order valence-electron chi connectivity index (χ0n) is 25.9. The Morgan fingerprint density at radius 1 is 1.11 bits per heavy atom. The smallest absolute Gasteiger partial charge is 0.202 e. The van der Waals surface area contributed by atoms with Crippen LogP contribution in [0.4, 0.5) is 0 Å². The molecule has 0 spiro atoms. The number of methoxy groups -OCH3 is 2. The van der Waals surface area contributed by atoms with Gasteiger partial charge in [0.15, 0.2) is 18.4 Å². The van der Waals surface area contributed by atoms with E-state index in [4.69, 9.17) is 23.7 Å². The first kappa shape index (κ1) is 34.6. The van der Waals surface area contributed by atoms with Crippen molar-refractivity contribution in [3.8, 4) is 17.2 Å². The van der Waals surface area contributed by atoms with Crippen LogP contribution in [0.5, 0.6) is 17.2 Å². The summed E-state index contributed by atoms with van der Waals surface area (Å²) < 4.78 is 29.0. The zero-order chi connectivity index (χ0) is 33.4. The highest BCUT2D eigenvalue weighted by molar-refractivity contribution is 14.1. The molecule has 0 amide bonds. The number of aliphatic hydroxyl groups excluding tert-OH is 1. The van der Waals surface area contributed by atoms with Crippen LogP contribution in [-0.2, 0) is 30.2 Å². The summed E-state index contributed by atoms with van der Waals surface area (Å²) in [4.78, 5) is 40.1. The molecule has 13 nitrogen and oxygen atoms in total. The fourth-order valence-corrected chi connectivity index (χ4v) is 7.14. The van der Waals surface area contributed by atoms with Crippen molar-refractivity contribution in [2.24, 2.45) is 5.92 Å². The van der Waals surface area contributed by atoms with Crippen LogP contribution >= 0.6 is 22.6 Å². The molecule has 1 fully saturated rings. The van der Waals surface area contributed by atoms with Crippen molar-refractivity contribution in [3.63, 3.8) is 0 Å². The van der Waals surface area contributed by atoms with Gasteiger partial charge in [0.25, 0.3) is 0 Å². The second kappa shape index (κ2) is 14.2. The van der Waals surface area contributed by atoms with Crippen LogP contribution in [0.3, 0.4) is 0 Å². The lowest BCUT2D eigenvalue weighted by atomic mass is 9.74. The predicted molar refractivity (Wildman–Crippen MR) is 169 cm³/mol. The Morgan fingerprint density at radius 3 is 2.48 bits per heavy atom. The minimum atomic E-state index is -1.08. The lowest BCUT2D eigenvalue weighted by molar-refractivity contribution is -0.283. The first-order valence-electron chi connectivity index (χ1n) is 15.0. The zero-order valence-corrected chi connectivity index (χ0v) is 28.1. The lowest BCUT2D eigenvalue weighted by Gasteiger charge is -2.43. The molecule has 0 radical (unpaired) electrons. The number of phenols is 2. The number of alkyl halides is 1. The molecule has 0 saturated carbocycles. The molecule has 14 heteroatoms. The van der Waals surface area contributed by atoms with Gasteiger partial charge in [0.1, 0.15) is 23.0 Å². The summed E-state index contributed by atoms with van der Waals surface area (Å²) in [5.41, 5.74) is -0.515. The van der Waals surface area contributed by atoms with Gasteiger partial charge in [-0.1, -0.05) is 34.7 Å². The maximum absolute atomic E-state index is 13.8. The van der Waals surface area contributed by atoms with E-state index in [2.05, 4.69) is 22.6 Å². The number of aromatic hydroxyl groups is 2. The number of phenolic OH excluding ortho intramolecular Hbond substituents is 2. The molecule has 1 aliphatic heterocycles. The second-order valence-corrected chi connectivity index (χ2v) is 12.6. The normalized spacial score (nSPS) is 26.3. The number of ketones is 3. The number of nitrogens with zero attached hydrogens (tertiary/aromatic N) is 1. The summed E-state index contributed by atoms with van der Waals surface area (Å²) in [5.74, 6) is -3.08. The summed E-state index contributed by atoms with van der Waals surface area (Å²) in [7, 11) is 2.87. The van der Waals surface area contributed by atoms with E-state index in [1.165, 1.54) is 33.3 Å². The molecule has 2 aromatic carbocycles. The number of carbonyl (C=O) groups is 3. The summed E-state index contributed by atoms with van der Waals surface area (Å²) in [5, 5.41) is 45.8. The van der Waals surface area contributed by atoms with E-state index in [1.807, 2.05) is 0 Å². The van der Waals surface area contributed by atoms with Crippen molar-refractivity contribution < 1.29 is 58.6 Å². The number of Topliss-reactive ketones (excluding diaryl/α,β-unsaturated/α-hetero) is 1. The van der Waals surface area contributed by atoms with E-state index in [-0.39, 0.29) is 77.3 Å². The van der Waals surface area contributed by atoms with Gasteiger partial charge in [-0.3, -0.25) is 14.4 Å². The number of ether oxygens (including phenoxy) is 5. The number of fused-ring (bicyclic) bond motifs is 3. The Kier molecular flexibility index (Phi) is 10.7. The summed E-state index contributed by atoms with van der Waals surface area (Å²) in [6.07, 6.45) is -4.29. The molecule has 0 aromatic heterocycles. The molecule has 3 aliphatic rings. The van der Waals surface area contributed by atoms with Crippen molar-refractivity contribution >= 4 is 39.9 Å². The van der Waals surface area contributed by atoms with Crippen molar-refractivity contribution in [1.29, 1.82) is 0 Å². The largest absolute Gasteiger partial charge is 0.507 e. The first-order valence-corrected chi connectivity index (χ1v) is 16.5. The van der Waals surface area contributed by atoms with Gasteiger partial charge in [-0.05, 0) is 32.8 Å². The van der Waals surface area contributed by atoms with E-state index in [9.17, 15) is 34.9 Å². The van der Waals surface area contributed by atoms with E-state index >= 15 is 0 Å². The van der Waals surface area contributed by atoms with Crippen LogP contribution < -0.4 is 4.74 Å². The molecule has 2 aromatic rings. The highest BCUT2D eigenvalue weighted by atomic mass is 127. The Bertz CT molecular complexity index is 1510. The van der Waals surface area contributed by atoms with E-state index < -0.39 is 65.9 Å². The van der Waals surface area contributed by atoms with Gasteiger partial charge >= 0.3 is 0 Å². The molecule has 4 N–H and O–H groups in total. The van der Waals surface area contributed by atoms with Gasteiger partial charge in [-0.25, -0.2) is 0 Å². The number of hydrogen-bond donors (Lipinski definition) is 4. The third-order valence-electron chi connectivity index (χ3n) is 9.00. The lowest BCUT2D eigenvalue weighted by Crippen LogP contribution is -2.55. The number of rotatable bonds is 11. The second-order valence-electron chi connectivity index (χ2n) is 11.7. The van der Waals surface area contributed by atoms with Crippen molar-refractivity contribution in [3.05, 3.63) is 51.6 Å². The van der Waals surface area contributed by atoms with Gasteiger partial charge in [-0.15, -0.1) is 0 Å². The molecule has 5 rings (SSSR count). The number of carbonyl (C=O) groups excluding carboxylic acids is 3. The van der Waals surface area contributed by atoms with E-state index in [0.29, 0.717) is 4.43 Å². The molecule has 1 saturated heterocycles. The SMILES string of the molecule is COc1cccc2c1C(=O)c1c(O)c3c(c(O)c1C2=O)C[C@@H](C(C)=O)C[C@@H]3O[C@H]1C[C@H](N(O)CCO[C@@H](CI)OC)[C@H](O)[C@H](C)O1. The highest BCUT2D eigenvalue weighted by Crippen LogP contribution is 2.51. The summed E-state index contributed by atoms with van der Waals surface area (Å²) in [6.45, 7) is 3.20. The van der Waals surface area contributed by atoms with Crippen LogP contribution in [-0.4, -0.2) is 106 Å². The number of benzene rings is 2. The third kappa shape index (κ3) is 6.29. The molecule has 250 valence electrons. The van der Waals surface area contributed by atoms with Gasteiger partial charge in [-0.2, -0.15) is 5.06 Å². The quantitative estimate of drug-likeness (QED) is 0.0738. The number of halogens is 1. The fourth-order valence-electron chi connectivity index (χ4n) is 6.52. The van der Waals surface area contributed by atoms with Gasteiger partial charge < -0.3 is 44.2 Å². The van der Waals surface area contributed by atoms with Crippen LogP contribution in [0.15, 0.2) is 18.2 Å². The third-order valence-corrected chi connectivity index (χ3v) is 9.71. The number of aliphatic hydroxyl groups is 1. The Hall–Kier alpha value is -2.70. The molecule has 7 atom stereocenters. The fraction of sp³-hybridized carbons (Fsp3) is 0.531. The molecule has 2 aliphatic carbocycles. The van der Waals surface area contributed by atoms with Crippen LogP contribution in [0, 0.1) is 5.92 Å². The topological polar surface area (TPSA) is 182 Å². The Balaban J connectivity index is 1.48. The first-order chi connectivity index (χ1) is 21.9. The van der Waals surface area contributed by atoms with Crippen molar-refractivity contribution in [1.82, 2.24) is 5.06 Å². The van der Waals surface area contributed by atoms with Gasteiger partial charge in [0.2, 0.25) is 5.78 Å². The van der Waals surface area contributed by atoms with Crippen LogP contribution in [0.25, 0.3) is 0 Å². The maximum atomic E-state index is 13.8. The van der Waals surface area contributed by atoms with Crippen LogP contribution in [0.2, 0.25) is 0 Å². The maximum Gasteiger partial charge on any atom is 0.202 e. The van der Waals surface area contributed by atoms with E-state index in [1.54, 1.807) is 13.0 Å². The minimum absolute atomic E-state index is 0.00174. The minimum Gasteiger partial charge on any atom is -0.507 e. The monoisotopic (exact) mass is 755 g/mol. The summed E-state index contributed by atoms with van der Waals surface area (Å²) in [6, 6.07) is 3.70.